The van der Waals surface area contributed by atoms with Crippen molar-refractivity contribution in [2.75, 3.05) is 0 Å². The third-order valence-corrected chi connectivity index (χ3v) is 5.59. The van der Waals surface area contributed by atoms with Gasteiger partial charge in [0.2, 0.25) is 0 Å². The van der Waals surface area contributed by atoms with E-state index in [1.807, 2.05) is 12.3 Å². The van der Waals surface area contributed by atoms with Crippen molar-refractivity contribution in [1.82, 2.24) is 5.32 Å². The average molecular weight is 373 g/mol. The fourth-order valence-corrected chi connectivity index (χ4v) is 3.78. The summed E-state index contributed by atoms with van der Waals surface area (Å²) in [6.45, 7) is 2.30. The molecule has 1 aliphatic rings. The van der Waals surface area contributed by atoms with Crippen LogP contribution in [-0.4, -0.2) is 0 Å². The molecule has 0 fully saturated rings. The molecule has 0 unspecified atom stereocenters. The molecule has 0 saturated heterocycles. The first kappa shape index (κ1) is 24.1. The summed E-state index contributed by atoms with van der Waals surface area (Å²) < 4.78 is 0. The second kappa shape index (κ2) is 19.8. The van der Waals surface area contributed by atoms with Gasteiger partial charge in [-0.05, 0) is 31.1 Å². The monoisotopic (exact) mass is 372 g/mol. The molecular weight excluding hydrogens is 326 g/mol. The van der Waals surface area contributed by atoms with Gasteiger partial charge in [0.05, 0.1) is 5.70 Å². The van der Waals surface area contributed by atoms with Gasteiger partial charge in [-0.3, -0.25) is 5.32 Å². The lowest BCUT2D eigenvalue weighted by Crippen LogP contribution is -1.86. The van der Waals surface area contributed by atoms with Crippen molar-refractivity contribution in [3.8, 4) is 0 Å². The van der Waals surface area contributed by atoms with E-state index >= 15 is 0 Å². The predicted molar refractivity (Wildman–Crippen MR) is 122 cm³/mol. The Morgan fingerprint density at radius 2 is 1.07 bits per heavy atom. The van der Waals surface area contributed by atoms with Crippen LogP contribution in [0.15, 0.2) is 36.2 Å². The smallest absolute Gasteiger partial charge is 0.0626 e. The normalized spacial score (nSPS) is 13.4. The third kappa shape index (κ3) is 16.9. The molecule has 27 heavy (non-hydrogen) atoms. The van der Waals surface area contributed by atoms with Crippen molar-refractivity contribution in [1.29, 1.82) is 0 Å². The van der Waals surface area contributed by atoms with Crippen molar-refractivity contribution < 1.29 is 0 Å². The van der Waals surface area contributed by atoms with E-state index in [-0.39, 0.29) is 0 Å². The van der Waals surface area contributed by atoms with E-state index in [1.165, 1.54) is 122 Å². The fourth-order valence-electron chi connectivity index (χ4n) is 3.78. The molecule has 0 amide bonds. The molecule has 1 heterocycles. The second-order valence-electron chi connectivity index (χ2n) is 8.26. The summed E-state index contributed by atoms with van der Waals surface area (Å²) in [5, 5.41) is 4.25. The maximum atomic E-state index is 4.25. The van der Waals surface area contributed by atoms with Crippen LogP contribution in [-0.2, 0) is 0 Å². The molecule has 1 aliphatic heterocycles. The Balaban J connectivity index is 1.66. The minimum atomic E-state index is 1.09. The van der Waals surface area contributed by atoms with Crippen LogP contribution in [0.1, 0.15) is 129 Å². The molecular formula is C26H46N. The molecule has 1 rings (SSSR count). The summed E-state index contributed by atoms with van der Waals surface area (Å²) in [6.07, 6.45) is 37.5. The van der Waals surface area contributed by atoms with Gasteiger partial charge in [0, 0.05) is 6.20 Å². The lowest BCUT2D eigenvalue weighted by molar-refractivity contribution is 0.525. The summed E-state index contributed by atoms with van der Waals surface area (Å²) in [6, 6.07) is 0. The number of unbranched alkanes of at least 4 members (excludes halogenated alkanes) is 18. The number of hydrogen-bond acceptors (Lipinski definition) is 0. The molecule has 1 heteroatoms. The highest BCUT2D eigenvalue weighted by Gasteiger charge is 1.96. The Kier molecular flexibility index (Phi) is 17.6. The van der Waals surface area contributed by atoms with Crippen LogP contribution in [0.5, 0.6) is 0 Å². The van der Waals surface area contributed by atoms with Gasteiger partial charge in [-0.2, -0.15) is 0 Å². The Morgan fingerprint density at radius 1 is 0.630 bits per heavy atom. The molecule has 0 spiro atoms. The van der Waals surface area contributed by atoms with E-state index in [0.29, 0.717) is 0 Å². The van der Waals surface area contributed by atoms with Gasteiger partial charge >= 0.3 is 0 Å². The highest BCUT2D eigenvalue weighted by molar-refractivity contribution is 5.28. The van der Waals surface area contributed by atoms with Gasteiger partial charge in [-0.25, -0.2) is 0 Å². The Labute approximate surface area is 170 Å². The molecule has 0 N–H and O–H groups in total. The van der Waals surface area contributed by atoms with Crippen molar-refractivity contribution in [2.24, 2.45) is 0 Å². The first-order valence-electron chi connectivity index (χ1n) is 12.2. The first-order valence-corrected chi connectivity index (χ1v) is 12.2. The van der Waals surface area contributed by atoms with Gasteiger partial charge in [0.25, 0.3) is 0 Å². The van der Waals surface area contributed by atoms with Crippen LogP contribution in [0.25, 0.3) is 0 Å². The van der Waals surface area contributed by atoms with Gasteiger partial charge in [-0.15, -0.1) is 0 Å². The van der Waals surface area contributed by atoms with Crippen LogP contribution in [0.3, 0.4) is 0 Å². The van der Waals surface area contributed by atoms with Gasteiger partial charge < -0.3 is 0 Å². The maximum Gasteiger partial charge on any atom is 0.0626 e. The molecule has 0 aliphatic carbocycles. The molecule has 0 aromatic carbocycles. The Bertz CT molecular complexity index is 391. The van der Waals surface area contributed by atoms with Crippen molar-refractivity contribution in [2.45, 2.75) is 129 Å². The summed E-state index contributed by atoms with van der Waals surface area (Å²) in [7, 11) is 0. The van der Waals surface area contributed by atoms with E-state index in [1.54, 1.807) is 0 Å². The molecule has 0 aromatic heterocycles. The number of allylic oxidation sites excluding steroid dienone is 4. The summed E-state index contributed by atoms with van der Waals surface area (Å²) >= 11 is 0. The highest BCUT2D eigenvalue weighted by atomic mass is 14.9. The predicted octanol–water partition coefficient (Wildman–Crippen LogP) is 8.99. The molecule has 0 aromatic rings. The van der Waals surface area contributed by atoms with Crippen molar-refractivity contribution >= 4 is 0 Å². The Morgan fingerprint density at radius 3 is 1.48 bits per heavy atom. The van der Waals surface area contributed by atoms with Crippen LogP contribution in [0, 0.1) is 0 Å². The zero-order chi connectivity index (χ0) is 19.3. The number of rotatable bonds is 20. The summed E-state index contributed by atoms with van der Waals surface area (Å²) in [4.78, 5) is 0. The summed E-state index contributed by atoms with van der Waals surface area (Å²) in [5.74, 6) is 0. The second-order valence-corrected chi connectivity index (χ2v) is 8.26. The van der Waals surface area contributed by atoms with Crippen molar-refractivity contribution in [3.05, 3.63) is 36.2 Å². The van der Waals surface area contributed by atoms with Crippen LogP contribution < -0.4 is 5.32 Å². The van der Waals surface area contributed by atoms with E-state index in [2.05, 4.69) is 30.5 Å². The van der Waals surface area contributed by atoms with Crippen LogP contribution >= 0.6 is 0 Å². The molecule has 1 nitrogen and oxygen atoms in total. The topological polar surface area (TPSA) is 14.1 Å². The first-order chi connectivity index (χ1) is 13.4. The standard InChI is InChI=1S/C26H46N/c1-2-3-4-5-6-7-8-9-10-11-12-13-14-15-16-17-18-19-20-21-23-26-24-22-25-27-26/h21-25H,2-20H2,1H3/b23-21+. The van der Waals surface area contributed by atoms with E-state index in [0.717, 1.165) is 5.70 Å². The molecule has 155 valence electrons. The van der Waals surface area contributed by atoms with Gasteiger partial charge in [-0.1, -0.05) is 122 Å². The van der Waals surface area contributed by atoms with E-state index < -0.39 is 0 Å². The lowest BCUT2D eigenvalue weighted by Gasteiger charge is -2.03. The summed E-state index contributed by atoms with van der Waals surface area (Å²) in [5.41, 5.74) is 1.09. The SMILES string of the molecule is CCCCCCCCCCCCCCCCCCCC/C=C/C1=CC=C[N]1. The Hall–Kier alpha value is -0.980. The van der Waals surface area contributed by atoms with Gasteiger partial charge in [0.15, 0.2) is 0 Å². The largest absolute Gasteiger partial charge is 0.257 e. The zero-order valence-corrected chi connectivity index (χ0v) is 18.3. The number of hydrogen-bond donors (Lipinski definition) is 0. The van der Waals surface area contributed by atoms with E-state index in [9.17, 15) is 0 Å². The molecule has 0 bridgehead atoms. The third-order valence-electron chi connectivity index (χ3n) is 5.59. The maximum absolute atomic E-state index is 4.25. The highest BCUT2D eigenvalue weighted by Crippen LogP contribution is 2.14. The lowest BCUT2D eigenvalue weighted by atomic mass is 10.0. The fraction of sp³-hybridized carbons (Fsp3) is 0.769. The quantitative estimate of drug-likeness (QED) is 0.189. The average Bonchev–Trinajstić information content (AvgIpc) is 3.20. The molecule has 0 saturated carbocycles. The molecule has 0 atom stereocenters. The van der Waals surface area contributed by atoms with Crippen LogP contribution in [0.2, 0.25) is 0 Å². The van der Waals surface area contributed by atoms with Gasteiger partial charge in [0.1, 0.15) is 0 Å². The number of nitrogens with zero attached hydrogens (tertiary/aromatic N) is 1. The van der Waals surface area contributed by atoms with Crippen molar-refractivity contribution in [3.63, 3.8) is 0 Å². The minimum absolute atomic E-state index is 1.09. The minimum Gasteiger partial charge on any atom is -0.257 e. The zero-order valence-electron chi connectivity index (χ0n) is 18.3. The van der Waals surface area contributed by atoms with Crippen LogP contribution in [0.4, 0.5) is 0 Å². The van der Waals surface area contributed by atoms with E-state index in [4.69, 9.17) is 0 Å². The molecule has 1 radical (unpaired) electrons.